The summed E-state index contributed by atoms with van der Waals surface area (Å²) in [6.45, 7) is 4.34. The molecule has 0 amide bonds. The van der Waals surface area contributed by atoms with Gasteiger partial charge in [-0.25, -0.2) is 4.57 Å². The van der Waals surface area contributed by atoms with Crippen LogP contribution in [0.4, 0.5) is 0 Å². The number of benzene rings is 3. The van der Waals surface area contributed by atoms with Crippen molar-refractivity contribution in [2.24, 2.45) is 14.1 Å². The van der Waals surface area contributed by atoms with Crippen molar-refractivity contribution in [3.63, 3.8) is 0 Å². The zero-order valence-corrected chi connectivity index (χ0v) is 17.4. The number of rotatable bonds is 2. The van der Waals surface area contributed by atoms with Crippen molar-refractivity contribution in [2.75, 3.05) is 0 Å². The minimum absolute atomic E-state index is 1.23. The summed E-state index contributed by atoms with van der Waals surface area (Å²) in [5.74, 6) is 0. The predicted octanol–water partition coefficient (Wildman–Crippen LogP) is 6.11. The van der Waals surface area contributed by atoms with Crippen LogP contribution in [0.3, 0.4) is 0 Å². The van der Waals surface area contributed by atoms with Gasteiger partial charge in [0, 0.05) is 46.5 Å². The lowest BCUT2D eigenvalue weighted by Crippen LogP contribution is -2.30. The van der Waals surface area contributed by atoms with Gasteiger partial charge in [0.05, 0.1) is 0 Å². The molecule has 0 aliphatic heterocycles. The first-order valence-corrected chi connectivity index (χ1v) is 10.1. The molecule has 0 saturated heterocycles. The van der Waals surface area contributed by atoms with E-state index in [9.17, 15) is 0 Å². The molecule has 0 saturated carbocycles. The van der Waals surface area contributed by atoms with E-state index in [1.807, 2.05) is 0 Å². The van der Waals surface area contributed by atoms with E-state index in [-0.39, 0.29) is 0 Å². The van der Waals surface area contributed by atoms with Crippen molar-refractivity contribution in [3.05, 3.63) is 90.1 Å². The number of aromatic nitrogens is 2. The van der Waals surface area contributed by atoms with Gasteiger partial charge in [0.25, 0.3) is 0 Å². The molecule has 0 bridgehead atoms. The number of aryl methyl sites for hydroxylation is 4. The predicted molar refractivity (Wildman–Crippen MR) is 122 cm³/mol. The topological polar surface area (TPSA) is 8.81 Å². The first-order valence-electron chi connectivity index (χ1n) is 10.1. The molecule has 5 aromatic rings. The van der Waals surface area contributed by atoms with Crippen LogP contribution in [0.2, 0.25) is 0 Å². The molecule has 0 unspecified atom stereocenters. The minimum Gasteiger partial charge on any atom is -0.344 e. The molecule has 0 fully saturated rings. The smallest absolute Gasteiger partial charge is 0.212 e. The molecule has 0 spiro atoms. The van der Waals surface area contributed by atoms with Crippen molar-refractivity contribution in [2.45, 2.75) is 13.8 Å². The number of hydrogen-bond acceptors (Lipinski definition) is 0. The van der Waals surface area contributed by atoms with E-state index in [0.717, 1.165) is 0 Å². The van der Waals surface area contributed by atoms with E-state index in [4.69, 9.17) is 0 Å². The van der Waals surface area contributed by atoms with Gasteiger partial charge in [0.1, 0.15) is 7.05 Å². The number of hydrogen-bond donors (Lipinski definition) is 0. The van der Waals surface area contributed by atoms with Gasteiger partial charge in [-0.3, -0.25) is 0 Å². The van der Waals surface area contributed by atoms with Gasteiger partial charge in [-0.2, -0.15) is 0 Å². The number of nitrogens with zero attached hydrogens (tertiary/aromatic N) is 2. The Kier molecular flexibility index (Phi) is 4.02. The second-order valence-electron chi connectivity index (χ2n) is 8.04. The lowest BCUT2D eigenvalue weighted by atomic mass is 9.96. The van der Waals surface area contributed by atoms with Crippen LogP contribution in [0, 0.1) is 13.8 Å². The maximum atomic E-state index is 2.34. The van der Waals surface area contributed by atoms with Crippen LogP contribution in [-0.4, -0.2) is 4.57 Å². The van der Waals surface area contributed by atoms with Crippen molar-refractivity contribution < 1.29 is 4.57 Å². The molecule has 0 aliphatic carbocycles. The lowest BCUT2D eigenvalue weighted by molar-refractivity contribution is -0.660. The molecule has 0 N–H and O–H groups in total. The molecular weight excluding hydrogens is 352 g/mol. The summed E-state index contributed by atoms with van der Waals surface area (Å²) in [5.41, 5.74) is 10.2. The summed E-state index contributed by atoms with van der Waals surface area (Å²) in [5, 5.41) is 2.64. The van der Waals surface area contributed by atoms with Gasteiger partial charge in [-0.1, -0.05) is 29.8 Å². The Labute approximate surface area is 171 Å². The van der Waals surface area contributed by atoms with Gasteiger partial charge >= 0.3 is 0 Å². The normalized spacial score (nSPS) is 11.4. The van der Waals surface area contributed by atoms with E-state index < -0.39 is 0 Å². The zero-order valence-electron chi connectivity index (χ0n) is 17.4. The van der Waals surface area contributed by atoms with E-state index in [1.165, 1.54) is 55.3 Å². The second kappa shape index (κ2) is 6.59. The van der Waals surface area contributed by atoms with Gasteiger partial charge in [-0.15, -0.1) is 0 Å². The molecule has 29 heavy (non-hydrogen) atoms. The largest absolute Gasteiger partial charge is 0.344 e. The monoisotopic (exact) mass is 377 g/mol. The Morgan fingerprint density at radius 1 is 0.724 bits per heavy atom. The Morgan fingerprint density at radius 2 is 1.41 bits per heavy atom. The maximum Gasteiger partial charge on any atom is 0.212 e. The van der Waals surface area contributed by atoms with Crippen LogP contribution in [0.5, 0.6) is 0 Å². The third-order valence-corrected chi connectivity index (χ3v) is 6.06. The molecule has 2 heterocycles. The van der Waals surface area contributed by atoms with E-state index in [2.05, 4.69) is 116 Å². The molecule has 2 nitrogen and oxygen atoms in total. The van der Waals surface area contributed by atoms with E-state index in [0.29, 0.717) is 0 Å². The highest BCUT2D eigenvalue weighted by atomic mass is 14.9. The molecular formula is C27H25N2+. The van der Waals surface area contributed by atoms with Gasteiger partial charge < -0.3 is 4.57 Å². The van der Waals surface area contributed by atoms with Crippen LogP contribution in [0.25, 0.3) is 44.2 Å². The number of pyridine rings is 1. The van der Waals surface area contributed by atoms with Gasteiger partial charge in [0.2, 0.25) is 5.69 Å². The average Bonchev–Trinajstić information content (AvgIpc) is 3.00. The molecule has 142 valence electrons. The number of fused-ring (bicyclic) bond motifs is 3. The Hall–Kier alpha value is -3.39. The SMILES string of the molecule is Cc1ccc2c(c1)c1cc(-c3ccc(C)c(-c4cccc[n+]4C)c3)ccc1n2C. The van der Waals surface area contributed by atoms with E-state index >= 15 is 0 Å². The summed E-state index contributed by atoms with van der Waals surface area (Å²) in [6, 6.07) is 26.7. The van der Waals surface area contributed by atoms with Gasteiger partial charge in [0.15, 0.2) is 6.20 Å². The fourth-order valence-electron chi connectivity index (χ4n) is 4.39. The fraction of sp³-hybridized carbons (Fsp3) is 0.148. The van der Waals surface area contributed by atoms with Crippen molar-refractivity contribution in [3.8, 4) is 22.4 Å². The highest BCUT2D eigenvalue weighted by molar-refractivity contribution is 6.09. The third kappa shape index (κ3) is 2.84. The van der Waals surface area contributed by atoms with Crippen LogP contribution < -0.4 is 4.57 Å². The highest BCUT2D eigenvalue weighted by Crippen LogP contribution is 2.34. The van der Waals surface area contributed by atoms with Crippen LogP contribution in [0.1, 0.15) is 11.1 Å². The molecule has 3 aromatic carbocycles. The van der Waals surface area contributed by atoms with Crippen molar-refractivity contribution in [1.82, 2.24) is 4.57 Å². The molecule has 0 atom stereocenters. The van der Waals surface area contributed by atoms with Crippen molar-refractivity contribution >= 4 is 21.8 Å². The fourth-order valence-corrected chi connectivity index (χ4v) is 4.39. The summed E-state index contributed by atoms with van der Waals surface area (Å²) in [7, 11) is 4.25. The standard InChI is InChI=1S/C27H25N2/c1-18-8-12-26-23(15-18)24-17-21(11-13-27(24)29(26)4)20-10-9-19(2)22(16-20)25-7-5-6-14-28(25)3/h5-17H,1-4H3/q+1. The Bertz CT molecular complexity index is 1390. The third-order valence-electron chi connectivity index (χ3n) is 6.06. The molecule has 0 radical (unpaired) electrons. The zero-order chi connectivity index (χ0) is 20.1. The lowest BCUT2D eigenvalue weighted by Gasteiger charge is -2.09. The average molecular weight is 378 g/mol. The molecule has 2 heteroatoms. The summed E-state index contributed by atoms with van der Waals surface area (Å²) >= 11 is 0. The molecule has 0 aliphatic rings. The van der Waals surface area contributed by atoms with Crippen LogP contribution >= 0.6 is 0 Å². The summed E-state index contributed by atoms with van der Waals surface area (Å²) in [4.78, 5) is 0. The van der Waals surface area contributed by atoms with Crippen molar-refractivity contribution in [1.29, 1.82) is 0 Å². The van der Waals surface area contributed by atoms with Gasteiger partial charge in [-0.05, 0) is 66.9 Å². The minimum atomic E-state index is 1.23. The Morgan fingerprint density at radius 3 is 2.21 bits per heavy atom. The first-order chi connectivity index (χ1) is 14.0. The quantitative estimate of drug-likeness (QED) is 0.328. The summed E-state index contributed by atoms with van der Waals surface area (Å²) < 4.78 is 4.47. The van der Waals surface area contributed by atoms with Crippen LogP contribution in [0.15, 0.2) is 79.0 Å². The second-order valence-corrected chi connectivity index (χ2v) is 8.04. The summed E-state index contributed by atoms with van der Waals surface area (Å²) in [6.07, 6.45) is 2.10. The molecule has 2 aromatic heterocycles. The molecule has 5 rings (SSSR count). The van der Waals surface area contributed by atoms with E-state index in [1.54, 1.807) is 0 Å². The first kappa shape index (κ1) is 17.7. The highest BCUT2D eigenvalue weighted by Gasteiger charge is 2.14. The maximum absolute atomic E-state index is 2.34. The van der Waals surface area contributed by atoms with Crippen LogP contribution in [-0.2, 0) is 14.1 Å². The Balaban J connectivity index is 1.72.